The number of fused-ring (bicyclic) bond motifs is 1. The molecule has 33 heavy (non-hydrogen) atoms. The monoisotopic (exact) mass is 437 g/mol. The molecule has 0 unspecified atom stereocenters. The van der Waals surface area contributed by atoms with Crippen molar-refractivity contribution in [2.24, 2.45) is 0 Å². The maximum atomic E-state index is 12.7. The SMILES string of the molecule is O=C(NCc1cn(Cc2ccccc2)nn1)c1cccc(N2C(=O)c3ccccc3C2=O)c1. The summed E-state index contributed by atoms with van der Waals surface area (Å²) in [6.07, 6.45) is 1.78. The predicted octanol–water partition coefficient (Wildman–Crippen LogP) is 3.06. The molecule has 8 nitrogen and oxygen atoms in total. The van der Waals surface area contributed by atoms with E-state index in [0.29, 0.717) is 34.6 Å². The highest BCUT2D eigenvalue weighted by molar-refractivity contribution is 6.34. The van der Waals surface area contributed by atoms with Crippen LogP contribution in [0.15, 0.2) is 85.1 Å². The summed E-state index contributed by atoms with van der Waals surface area (Å²) in [7, 11) is 0. The van der Waals surface area contributed by atoms with Crippen LogP contribution in [0.5, 0.6) is 0 Å². The van der Waals surface area contributed by atoms with Gasteiger partial charge in [0.15, 0.2) is 0 Å². The van der Waals surface area contributed by atoms with Gasteiger partial charge in [-0.3, -0.25) is 14.4 Å². The molecule has 0 saturated carbocycles. The van der Waals surface area contributed by atoms with Crippen LogP contribution in [-0.4, -0.2) is 32.7 Å². The topological polar surface area (TPSA) is 97.2 Å². The molecule has 0 saturated heterocycles. The Morgan fingerprint density at radius 1 is 0.848 bits per heavy atom. The van der Waals surface area contributed by atoms with Gasteiger partial charge in [0.1, 0.15) is 5.69 Å². The van der Waals surface area contributed by atoms with E-state index in [2.05, 4.69) is 15.6 Å². The molecule has 2 heterocycles. The second-order valence-corrected chi connectivity index (χ2v) is 7.62. The van der Waals surface area contributed by atoms with Crippen LogP contribution in [0.2, 0.25) is 0 Å². The number of hydrogen-bond acceptors (Lipinski definition) is 5. The highest BCUT2D eigenvalue weighted by Crippen LogP contribution is 2.28. The van der Waals surface area contributed by atoms with E-state index in [0.717, 1.165) is 10.5 Å². The van der Waals surface area contributed by atoms with Crippen LogP contribution in [0.25, 0.3) is 0 Å². The summed E-state index contributed by atoms with van der Waals surface area (Å²) >= 11 is 0. The van der Waals surface area contributed by atoms with E-state index in [-0.39, 0.29) is 12.5 Å². The van der Waals surface area contributed by atoms with Crippen molar-refractivity contribution in [2.45, 2.75) is 13.1 Å². The van der Waals surface area contributed by atoms with Gasteiger partial charge in [0.05, 0.1) is 36.1 Å². The summed E-state index contributed by atoms with van der Waals surface area (Å²) in [6, 6.07) is 23.0. The largest absolute Gasteiger partial charge is 0.346 e. The first-order valence-electron chi connectivity index (χ1n) is 10.4. The molecule has 0 aliphatic carbocycles. The Labute approximate surface area is 189 Å². The summed E-state index contributed by atoms with van der Waals surface area (Å²) < 4.78 is 1.71. The minimum atomic E-state index is -0.400. The molecule has 1 N–H and O–H groups in total. The van der Waals surface area contributed by atoms with Gasteiger partial charge in [-0.05, 0) is 35.9 Å². The molecule has 1 aliphatic rings. The lowest BCUT2D eigenvalue weighted by Crippen LogP contribution is -2.30. The second kappa shape index (κ2) is 8.51. The van der Waals surface area contributed by atoms with Gasteiger partial charge in [0, 0.05) is 5.56 Å². The average Bonchev–Trinajstić information content (AvgIpc) is 3.40. The number of hydrogen-bond donors (Lipinski definition) is 1. The van der Waals surface area contributed by atoms with E-state index >= 15 is 0 Å². The van der Waals surface area contributed by atoms with Crippen LogP contribution in [0, 0.1) is 0 Å². The molecule has 3 aromatic carbocycles. The van der Waals surface area contributed by atoms with Gasteiger partial charge in [-0.15, -0.1) is 5.10 Å². The number of carbonyl (C=O) groups excluding carboxylic acids is 3. The first kappa shape index (κ1) is 20.3. The molecular formula is C25H19N5O3. The summed E-state index contributed by atoms with van der Waals surface area (Å²) in [5.74, 6) is -1.14. The molecule has 8 heteroatoms. The van der Waals surface area contributed by atoms with E-state index in [1.165, 1.54) is 6.07 Å². The Morgan fingerprint density at radius 3 is 2.27 bits per heavy atom. The smallest absolute Gasteiger partial charge is 0.266 e. The van der Waals surface area contributed by atoms with Crippen molar-refractivity contribution >= 4 is 23.4 Å². The molecule has 0 bridgehead atoms. The lowest BCUT2D eigenvalue weighted by molar-refractivity contribution is 0.0919. The summed E-state index contributed by atoms with van der Waals surface area (Å²) in [6.45, 7) is 0.787. The number of amides is 3. The Kier molecular flexibility index (Phi) is 5.24. The molecule has 0 atom stereocenters. The molecule has 1 aliphatic heterocycles. The third-order valence-corrected chi connectivity index (χ3v) is 5.36. The maximum absolute atomic E-state index is 12.7. The van der Waals surface area contributed by atoms with Crippen molar-refractivity contribution in [2.75, 3.05) is 4.90 Å². The van der Waals surface area contributed by atoms with Crippen LogP contribution in [0.1, 0.15) is 42.3 Å². The van der Waals surface area contributed by atoms with Gasteiger partial charge in [-0.25, -0.2) is 9.58 Å². The molecule has 0 fully saturated rings. The number of nitrogens with one attached hydrogen (secondary N) is 1. The first-order valence-corrected chi connectivity index (χ1v) is 10.4. The van der Waals surface area contributed by atoms with Crippen LogP contribution >= 0.6 is 0 Å². The van der Waals surface area contributed by atoms with Crippen LogP contribution in [0.3, 0.4) is 0 Å². The Bertz CT molecular complexity index is 1330. The fourth-order valence-corrected chi connectivity index (χ4v) is 3.75. The number of aromatic nitrogens is 3. The zero-order chi connectivity index (χ0) is 22.8. The first-order chi connectivity index (χ1) is 16.1. The standard InChI is InChI=1S/C25H19N5O3/c31-23(26-14-19-16-29(28-27-19)15-17-7-2-1-3-8-17)18-9-6-10-20(13-18)30-24(32)21-11-4-5-12-22(21)25(30)33/h1-13,16H,14-15H2,(H,26,31). The van der Waals surface area contributed by atoms with Crippen molar-refractivity contribution in [3.05, 3.63) is 113 Å². The minimum Gasteiger partial charge on any atom is -0.346 e. The molecule has 5 rings (SSSR count). The predicted molar refractivity (Wildman–Crippen MR) is 121 cm³/mol. The highest BCUT2D eigenvalue weighted by atomic mass is 16.2. The van der Waals surface area contributed by atoms with Gasteiger partial charge in [0.25, 0.3) is 17.7 Å². The van der Waals surface area contributed by atoms with Gasteiger partial charge in [-0.1, -0.05) is 53.7 Å². The summed E-state index contributed by atoms with van der Waals surface area (Å²) in [5, 5.41) is 11.0. The lowest BCUT2D eigenvalue weighted by atomic mass is 10.1. The minimum absolute atomic E-state index is 0.199. The molecular weight excluding hydrogens is 418 g/mol. The molecule has 3 amide bonds. The fourth-order valence-electron chi connectivity index (χ4n) is 3.75. The van der Waals surface area contributed by atoms with Gasteiger partial charge in [-0.2, -0.15) is 0 Å². The second-order valence-electron chi connectivity index (χ2n) is 7.62. The summed E-state index contributed by atoms with van der Waals surface area (Å²) in [4.78, 5) is 39.2. The Balaban J connectivity index is 1.26. The molecule has 162 valence electrons. The van der Waals surface area contributed by atoms with Crippen molar-refractivity contribution in [1.29, 1.82) is 0 Å². The van der Waals surface area contributed by atoms with Crippen LogP contribution in [-0.2, 0) is 13.1 Å². The Hall–Kier alpha value is -4.59. The number of rotatable bonds is 6. The third kappa shape index (κ3) is 4.01. The molecule has 0 radical (unpaired) electrons. The average molecular weight is 437 g/mol. The zero-order valence-corrected chi connectivity index (χ0v) is 17.5. The number of benzene rings is 3. The van der Waals surface area contributed by atoms with E-state index in [9.17, 15) is 14.4 Å². The number of anilines is 1. The number of nitrogens with zero attached hydrogens (tertiary/aromatic N) is 4. The maximum Gasteiger partial charge on any atom is 0.266 e. The van der Waals surface area contributed by atoms with Gasteiger partial charge in [0.2, 0.25) is 0 Å². The van der Waals surface area contributed by atoms with E-state index in [1.807, 2.05) is 30.3 Å². The number of imide groups is 1. The Morgan fingerprint density at radius 2 is 1.55 bits per heavy atom. The van der Waals surface area contributed by atoms with Gasteiger partial charge >= 0.3 is 0 Å². The van der Waals surface area contributed by atoms with Gasteiger partial charge < -0.3 is 5.32 Å². The van der Waals surface area contributed by atoms with Crippen molar-refractivity contribution in [1.82, 2.24) is 20.3 Å². The fraction of sp³-hybridized carbons (Fsp3) is 0.0800. The van der Waals surface area contributed by atoms with Crippen molar-refractivity contribution in [3.8, 4) is 0 Å². The van der Waals surface area contributed by atoms with Crippen molar-refractivity contribution in [3.63, 3.8) is 0 Å². The normalized spacial score (nSPS) is 12.7. The quantitative estimate of drug-likeness (QED) is 0.468. The molecule has 4 aromatic rings. The van der Waals surface area contributed by atoms with Crippen LogP contribution < -0.4 is 10.2 Å². The lowest BCUT2D eigenvalue weighted by Gasteiger charge is -2.15. The van der Waals surface area contributed by atoms with Crippen molar-refractivity contribution < 1.29 is 14.4 Å². The number of carbonyl (C=O) groups is 3. The molecule has 1 aromatic heterocycles. The highest BCUT2D eigenvalue weighted by Gasteiger charge is 2.36. The third-order valence-electron chi connectivity index (χ3n) is 5.36. The van der Waals surface area contributed by atoms with Crippen LogP contribution in [0.4, 0.5) is 5.69 Å². The summed E-state index contributed by atoms with van der Waals surface area (Å²) in [5.41, 5.74) is 3.12. The molecule has 0 spiro atoms. The van der Waals surface area contributed by atoms with E-state index < -0.39 is 11.8 Å². The van der Waals surface area contributed by atoms with E-state index in [1.54, 1.807) is 53.3 Å². The van der Waals surface area contributed by atoms with E-state index in [4.69, 9.17) is 0 Å². The zero-order valence-electron chi connectivity index (χ0n) is 17.5.